The third kappa shape index (κ3) is 4.69. The second-order valence-corrected chi connectivity index (χ2v) is 7.66. The van der Waals surface area contributed by atoms with E-state index in [1.807, 2.05) is 18.2 Å². The van der Waals surface area contributed by atoms with E-state index in [4.69, 9.17) is 5.84 Å². The molecule has 0 amide bonds. The number of nitrogens with two attached hydrogens (primary N) is 1. The van der Waals surface area contributed by atoms with E-state index in [9.17, 15) is 0 Å². The van der Waals surface area contributed by atoms with Gasteiger partial charge in [-0.15, -0.1) is 11.8 Å². The largest absolute Gasteiger partial charge is 0.308 e. The Morgan fingerprint density at radius 3 is 2.62 bits per heavy atom. The standard InChI is InChI=1S/C15H19BrN4S/c1-15(2,3)12-8-13(20-17)19-14(18-12)9-21-11-6-4-5-10(16)7-11/h4-8H,9,17H2,1-3H3,(H,18,19,20). The van der Waals surface area contributed by atoms with E-state index in [1.54, 1.807) is 11.8 Å². The average Bonchev–Trinajstić information content (AvgIpc) is 2.44. The molecule has 0 fully saturated rings. The molecule has 0 spiro atoms. The minimum Gasteiger partial charge on any atom is -0.308 e. The number of aromatic nitrogens is 2. The molecule has 2 aromatic rings. The minimum atomic E-state index is -0.0380. The molecule has 0 aliphatic carbocycles. The molecule has 0 radical (unpaired) electrons. The molecule has 6 heteroatoms. The molecule has 3 N–H and O–H groups in total. The molecule has 2 rings (SSSR count). The zero-order chi connectivity index (χ0) is 15.5. The van der Waals surface area contributed by atoms with Gasteiger partial charge in [0.15, 0.2) is 0 Å². The van der Waals surface area contributed by atoms with Crippen LogP contribution in [0.5, 0.6) is 0 Å². The van der Waals surface area contributed by atoms with Crippen LogP contribution in [0.1, 0.15) is 32.3 Å². The predicted octanol–water partition coefficient (Wildman–Crippen LogP) is 4.11. The first-order valence-electron chi connectivity index (χ1n) is 6.62. The van der Waals surface area contributed by atoms with Crippen LogP contribution in [0.15, 0.2) is 39.7 Å². The maximum absolute atomic E-state index is 5.50. The molecule has 1 aromatic carbocycles. The summed E-state index contributed by atoms with van der Waals surface area (Å²) in [6.07, 6.45) is 0. The van der Waals surface area contributed by atoms with Gasteiger partial charge in [0.1, 0.15) is 11.6 Å². The fourth-order valence-electron chi connectivity index (χ4n) is 1.72. The lowest BCUT2D eigenvalue weighted by Crippen LogP contribution is -2.18. The van der Waals surface area contributed by atoms with E-state index in [1.165, 1.54) is 4.90 Å². The molecule has 0 atom stereocenters. The summed E-state index contributed by atoms with van der Waals surface area (Å²) in [4.78, 5) is 10.3. The van der Waals surface area contributed by atoms with Gasteiger partial charge in [-0.2, -0.15) is 0 Å². The van der Waals surface area contributed by atoms with Gasteiger partial charge in [-0.05, 0) is 18.2 Å². The first-order valence-corrected chi connectivity index (χ1v) is 8.40. The highest BCUT2D eigenvalue weighted by atomic mass is 79.9. The topological polar surface area (TPSA) is 63.8 Å². The Kier molecular flexibility index (Phi) is 5.24. The number of nitrogens with one attached hydrogen (secondary N) is 1. The Hall–Kier alpha value is -1.11. The molecule has 0 aliphatic rings. The highest BCUT2D eigenvalue weighted by Crippen LogP contribution is 2.27. The summed E-state index contributed by atoms with van der Waals surface area (Å²) in [5.74, 6) is 7.64. The van der Waals surface area contributed by atoms with Gasteiger partial charge in [-0.3, -0.25) is 0 Å². The quantitative estimate of drug-likeness (QED) is 0.484. The van der Waals surface area contributed by atoms with E-state index in [-0.39, 0.29) is 5.41 Å². The molecule has 0 saturated heterocycles. The zero-order valence-electron chi connectivity index (χ0n) is 12.4. The molecule has 21 heavy (non-hydrogen) atoms. The van der Waals surface area contributed by atoms with E-state index >= 15 is 0 Å². The SMILES string of the molecule is CC(C)(C)c1cc(NN)nc(CSc2cccc(Br)c2)n1. The third-order valence-corrected chi connectivity index (χ3v) is 4.34. The Balaban J connectivity index is 2.19. The smallest absolute Gasteiger partial charge is 0.143 e. The second-order valence-electron chi connectivity index (χ2n) is 5.70. The Labute approximate surface area is 138 Å². The van der Waals surface area contributed by atoms with Crippen molar-refractivity contribution in [1.29, 1.82) is 0 Å². The number of benzene rings is 1. The maximum atomic E-state index is 5.50. The van der Waals surface area contributed by atoms with Crippen molar-refractivity contribution in [2.24, 2.45) is 5.84 Å². The molecule has 4 nitrogen and oxygen atoms in total. The normalized spacial score (nSPS) is 11.5. The molecular formula is C15H19BrN4S. The van der Waals surface area contributed by atoms with Crippen LogP contribution in [0.25, 0.3) is 0 Å². The van der Waals surface area contributed by atoms with Crippen LogP contribution in [0, 0.1) is 0 Å². The molecule has 0 aliphatic heterocycles. The highest BCUT2D eigenvalue weighted by molar-refractivity contribution is 9.10. The number of hydrogen-bond donors (Lipinski definition) is 2. The monoisotopic (exact) mass is 366 g/mol. The highest BCUT2D eigenvalue weighted by Gasteiger charge is 2.17. The van der Waals surface area contributed by atoms with Gasteiger partial charge in [-0.1, -0.05) is 42.8 Å². The summed E-state index contributed by atoms with van der Waals surface area (Å²) in [5.41, 5.74) is 3.56. The number of nitrogens with zero attached hydrogens (tertiary/aromatic N) is 2. The van der Waals surface area contributed by atoms with Gasteiger partial charge in [0, 0.05) is 20.8 Å². The second kappa shape index (κ2) is 6.77. The zero-order valence-corrected chi connectivity index (χ0v) is 14.8. The van der Waals surface area contributed by atoms with Gasteiger partial charge in [-0.25, -0.2) is 15.8 Å². The minimum absolute atomic E-state index is 0.0380. The molecule has 0 saturated carbocycles. The lowest BCUT2D eigenvalue weighted by Gasteiger charge is -2.19. The first-order chi connectivity index (χ1) is 9.88. The summed E-state index contributed by atoms with van der Waals surface area (Å²) in [6.45, 7) is 6.38. The first kappa shape index (κ1) is 16.3. The Morgan fingerprint density at radius 2 is 2.00 bits per heavy atom. The predicted molar refractivity (Wildman–Crippen MR) is 92.2 cm³/mol. The van der Waals surface area contributed by atoms with Crippen LogP contribution < -0.4 is 11.3 Å². The summed E-state index contributed by atoms with van der Waals surface area (Å²) in [7, 11) is 0. The van der Waals surface area contributed by atoms with Crippen molar-refractivity contribution >= 4 is 33.5 Å². The number of nitrogen functional groups attached to an aromatic ring is 1. The maximum Gasteiger partial charge on any atom is 0.143 e. The van der Waals surface area contributed by atoms with E-state index < -0.39 is 0 Å². The van der Waals surface area contributed by atoms with Gasteiger partial charge < -0.3 is 5.43 Å². The van der Waals surface area contributed by atoms with Crippen molar-refractivity contribution in [1.82, 2.24) is 9.97 Å². The van der Waals surface area contributed by atoms with Crippen molar-refractivity contribution in [3.63, 3.8) is 0 Å². The lowest BCUT2D eigenvalue weighted by molar-refractivity contribution is 0.564. The Morgan fingerprint density at radius 1 is 1.24 bits per heavy atom. The van der Waals surface area contributed by atoms with Crippen LogP contribution in [0.3, 0.4) is 0 Å². The summed E-state index contributed by atoms with van der Waals surface area (Å²) in [5, 5.41) is 0. The number of hydrazine groups is 1. The summed E-state index contributed by atoms with van der Waals surface area (Å²) < 4.78 is 1.07. The number of halogens is 1. The summed E-state index contributed by atoms with van der Waals surface area (Å²) in [6, 6.07) is 10.1. The van der Waals surface area contributed by atoms with Crippen molar-refractivity contribution < 1.29 is 0 Å². The number of rotatable bonds is 4. The van der Waals surface area contributed by atoms with Gasteiger partial charge in [0.05, 0.1) is 11.4 Å². The van der Waals surface area contributed by atoms with Crippen LogP contribution in [0.2, 0.25) is 0 Å². The van der Waals surface area contributed by atoms with Gasteiger partial charge in [0.2, 0.25) is 0 Å². The van der Waals surface area contributed by atoms with Crippen molar-refractivity contribution in [3.05, 3.63) is 46.3 Å². The van der Waals surface area contributed by atoms with Crippen LogP contribution >= 0.6 is 27.7 Å². The van der Waals surface area contributed by atoms with Gasteiger partial charge in [0.25, 0.3) is 0 Å². The van der Waals surface area contributed by atoms with Crippen molar-refractivity contribution in [3.8, 4) is 0 Å². The van der Waals surface area contributed by atoms with Crippen LogP contribution in [0.4, 0.5) is 5.82 Å². The van der Waals surface area contributed by atoms with Gasteiger partial charge >= 0.3 is 0 Å². The summed E-state index contributed by atoms with van der Waals surface area (Å²) >= 11 is 5.18. The fourth-order valence-corrected chi connectivity index (χ4v) is 3.09. The molecule has 112 valence electrons. The average molecular weight is 367 g/mol. The molecule has 1 aromatic heterocycles. The Bertz CT molecular complexity index is 625. The molecular weight excluding hydrogens is 348 g/mol. The van der Waals surface area contributed by atoms with Crippen molar-refractivity contribution in [2.45, 2.75) is 36.8 Å². The fraction of sp³-hybridized carbons (Fsp3) is 0.333. The number of hydrogen-bond acceptors (Lipinski definition) is 5. The number of thioether (sulfide) groups is 1. The molecule has 0 bridgehead atoms. The lowest BCUT2D eigenvalue weighted by atomic mass is 9.92. The van der Waals surface area contributed by atoms with E-state index in [2.05, 4.69) is 64.2 Å². The third-order valence-electron chi connectivity index (χ3n) is 2.85. The number of anilines is 1. The van der Waals surface area contributed by atoms with E-state index in [0.717, 1.165) is 16.0 Å². The van der Waals surface area contributed by atoms with Crippen LogP contribution in [-0.4, -0.2) is 9.97 Å². The molecule has 0 unspecified atom stereocenters. The molecule has 1 heterocycles. The van der Waals surface area contributed by atoms with Crippen molar-refractivity contribution in [2.75, 3.05) is 5.43 Å². The van der Waals surface area contributed by atoms with E-state index in [0.29, 0.717) is 11.6 Å². The van der Waals surface area contributed by atoms with Crippen LogP contribution in [-0.2, 0) is 11.2 Å².